The van der Waals surface area contributed by atoms with Crippen molar-refractivity contribution < 1.29 is 13.2 Å². The molecule has 1 N–H and O–H groups in total. The smallest absolute Gasteiger partial charge is 0.256 e. The van der Waals surface area contributed by atoms with Gasteiger partial charge in [0, 0.05) is 16.1 Å². The number of nitrogens with zero attached hydrogens (tertiary/aromatic N) is 2. The van der Waals surface area contributed by atoms with Gasteiger partial charge in [-0.1, -0.05) is 22.0 Å². The third kappa shape index (κ3) is 3.64. The predicted molar refractivity (Wildman–Crippen MR) is 91.4 cm³/mol. The van der Waals surface area contributed by atoms with Crippen LogP contribution in [0.15, 0.2) is 34.8 Å². The number of amides is 1. The monoisotopic (exact) mass is 397 g/mol. The van der Waals surface area contributed by atoms with Crippen LogP contribution in [0.25, 0.3) is 0 Å². The highest BCUT2D eigenvalue weighted by atomic mass is 79.9. The number of hydrogen-bond acceptors (Lipinski definition) is 4. The van der Waals surface area contributed by atoms with Gasteiger partial charge < -0.3 is 5.32 Å². The fourth-order valence-electron chi connectivity index (χ4n) is 2.67. The highest BCUT2D eigenvalue weighted by molar-refractivity contribution is 9.10. The molecule has 0 bridgehead atoms. The van der Waals surface area contributed by atoms with Crippen LogP contribution in [-0.4, -0.2) is 35.6 Å². The number of carbonyl (C=O) groups excluding carboxylic acids is 1. The van der Waals surface area contributed by atoms with Gasteiger partial charge in [0.25, 0.3) is 5.91 Å². The SMILES string of the molecule is Cc1cc(NC(=O)c2cccc(Br)c2)n([C@@H]2CCS(=O)(=O)C2)n1. The third-order valence-electron chi connectivity index (χ3n) is 3.74. The minimum Gasteiger partial charge on any atom is -0.307 e. The number of sulfone groups is 1. The lowest BCUT2D eigenvalue weighted by atomic mass is 10.2. The maximum Gasteiger partial charge on any atom is 0.256 e. The van der Waals surface area contributed by atoms with Gasteiger partial charge in [-0.05, 0) is 31.5 Å². The Morgan fingerprint density at radius 1 is 1.39 bits per heavy atom. The van der Waals surface area contributed by atoms with E-state index >= 15 is 0 Å². The fraction of sp³-hybridized carbons (Fsp3) is 0.333. The number of rotatable bonds is 3. The van der Waals surface area contributed by atoms with Crippen LogP contribution in [0.4, 0.5) is 5.82 Å². The Hall–Kier alpha value is -1.67. The molecule has 1 aliphatic rings. The van der Waals surface area contributed by atoms with Gasteiger partial charge in [0.05, 0.1) is 23.2 Å². The molecule has 122 valence electrons. The van der Waals surface area contributed by atoms with E-state index in [9.17, 15) is 13.2 Å². The maximum atomic E-state index is 12.4. The second kappa shape index (κ2) is 6.09. The molecule has 8 heteroatoms. The van der Waals surface area contributed by atoms with Gasteiger partial charge in [-0.3, -0.25) is 4.79 Å². The molecule has 0 radical (unpaired) electrons. The summed E-state index contributed by atoms with van der Waals surface area (Å²) in [6, 6.07) is 8.59. The molecule has 1 amide bonds. The molecule has 2 heterocycles. The van der Waals surface area contributed by atoms with Crippen LogP contribution in [0.3, 0.4) is 0 Å². The number of carbonyl (C=O) groups is 1. The van der Waals surface area contributed by atoms with Crippen molar-refractivity contribution >= 4 is 37.5 Å². The first kappa shape index (κ1) is 16.2. The van der Waals surface area contributed by atoms with E-state index in [1.165, 1.54) is 0 Å². The van der Waals surface area contributed by atoms with Crippen LogP contribution in [-0.2, 0) is 9.84 Å². The zero-order valence-corrected chi connectivity index (χ0v) is 14.9. The Labute approximate surface area is 142 Å². The molecule has 1 atom stereocenters. The van der Waals surface area contributed by atoms with E-state index in [1.54, 1.807) is 28.9 Å². The standard InChI is InChI=1S/C15H16BrN3O3S/c1-10-7-14(17-15(20)11-3-2-4-12(16)8-11)19(18-10)13-5-6-23(21,22)9-13/h2-4,7-8,13H,5-6,9H2,1H3,(H,17,20)/t13-/m1/s1. The molecule has 6 nitrogen and oxygen atoms in total. The predicted octanol–water partition coefficient (Wildman–Crippen LogP) is 2.57. The van der Waals surface area contributed by atoms with Gasteiger partial charge in [-0.25, -0.2) is 13.1 Å². The van der Waals surface area contributed by atoms with Crippen molar-refractivity contribution in [3.8, 4) is 0 Å². The molecular formula is C15H16BrN3O3S. The molecule has 1 aromatic carbocycles. The highest BCUT2D eigenvalue weighted by Gasteiger charge is 2.31. The summed E-state index contributed by atoms with van der Waals surface area (Å²) in [5.74, 6) is 0.492. The Balaban J connectivity index is 1.85. The molecule has 1 saturated heterocycles. The minimum absolute atomic E-state index is 0.0634. The molecule has 1 fully saturated rings. The topological polar surface area (TPSA) is 81.1 Å². The number of benzene rings is 1. The summed E-state index contributed by atoms with van der Waals surface area (Å²) in [6.45, 7) is 1.81. The van der Waals surface area contributed by atoms with E-state index < -0.39 is 9.84 Å². The van der Waals surface area contributed by atoms with E-state index in [0.29, 0.717) is 17.8 Å². The normalized spacial score (nSPS) is 19.7. The fourth-order valence-corrected chi connectivity index (χ4v) is 4.77. The number of halogens is 1. The van der Waals surface area contributed by atoms with E-state index in [4.69, 9.17) is 0 Å². The molecule has 0 unspecified atom stereocenters. The summed E-state index contributed by atoms with van der Waals surface area (Å²) in [7, 11) is -3.02. The zero-order valence-electron chi connectivity index (χ0n) is 12.5. The van der Waals surface area contributed by atoms with E-state index in [2.05, 4.69) is 26.3 Å². The first-order valence-corrected chi connectivity index (χ1v) is 9.79. The second-order valence-electron chi connectivity index (χ2n) is 5.64. The molecule has 1 aromatic heterocycles. The first-order chi connectivity index (χ1) is 10.8. The molecule has 0 saturated carbocycles. The molecule has 23 heavy (non-hydrogen) atoms. The van der Waals surface area contributed by atoms with Gasteiger partial charge in [0.15, 0.2) is 9.84 Å². The van der Waals surface area contributed by atoms with Crippen molar-refractivity contribution in [2.45, 2.75) is 19.4 Å². The minimum atomic E-state index is -3.02. The molecule has 0 aliphatic carbocycles. The lowest BCUT2D eigenvalue weighted by molar-refractivity contribution is 0.102. The Kier molecular flexibility index (Phi) is 4.29. The Morgan fingerprint density at radius 2 is 2.17 bits per heavy atom. The first-order valence-electron chi connectivity index (χ1n) is 7.17. The van der Waals surface area contributed by atoms with Crippen molar-refractivity contribution in [1.29, 1.82) is 0 Å². The summed E-state index contributed by atoms with van der Waals surface area (Å²) in [5.41, 5.74) is 1.25. The van der Waals surface area contributed by atoms with Crippen LogP contribution < -0.4 is 5.32 Å². The lowest BCUT2D eigenvalue weighted by Crippen LogP contribution is -2.19. The molecule has 0 spiro atoms. The van der Waals surface area contributed by atoms with E-state index in [0.717, 1.165) is 10.2 Å². The highest BCUT2D eigenvalue weighted by Crippen LogP contribution is 2.27. The average molecular weight is 398 g/mol. The number of aromatic nitrogens is 2. The quantitative estimate of drug-likeness (QED) is 0.862. The van der Waals surface area contributed by atoms with Crippen molar-refractivity contribution in [3.05, 3.63) is 46.1 Å². The van der Waals surface area contributed by atoms with Crippen LogP contribution in [0.5, 0.6) is 0 Å². The zero-order chi connectivity index (χ0) is 16.6. The van der Waals surface area contributed by atoms with Crippen molar-refractivity contribution in [2.75, 3.05) is 16.8 Å². The maximum absolute atomic E-state index is 12.4. The van der Waals surface area contributed by atoms with Crippen molar-refractivity contribution in [3.63, 3.8) is 0 Å². The number of nitrogens with one attached hydrogen (secondary N) is 1. The van der Waals surface area contributed by atoms with Gasteiger partial charge in [-0.15, -0.1) is 0 Å². The van der Waals surface area contributed by atoms with Gasteiger partial charge >= 0.3 is 0 Å². The van der Waals surface area contributed by atoms with Crippen molar-refractivity contribution in [2.24, 2.45) is 0 Å². The number of anilines is 1. The summed E-state index contributed by atoms with van der Waals surface area (Å²) < 4.78 is 25.8. The van der Waals surface area contributed by atoms with E-state index in [1.807, 2.05) is 13.0 Å². The number of aryl methyl sites for hydroxylation is 1. The van der Waals surface area contributed by atoms with Gasteiger partial charge in [0.1, 0.15) is 5.82 Å². The second-order valence-corrected chi connectivity index (χ2v) is 8.78. The Morgan fingerprint density at radius 3 is 2.83 bits per heavy atom. The van der Waals surface area contributed by atoms with E-state index in [-0.39, 0.29) is 23.5 Å². The van der Waals surface area contributed by atoms with Crippen LogP contribution in [0.2, 0.25) is 0 Å². The van der Waals surface area contributed by atoms with Crippen LogP contribution >= 0.6 is 15.9 Å². The van der Waals surface area contributed by atoms with Crippen LogP contribution in [0.1, 0.15) is 28.5 Å². The van der Waals surface area contributed by atoms with Gasteiger partial charge in [-0.2, -0.15) is 5.10 Å². The van der Waals surface area contributed by atoms with Gasteiger partial charge in [0.2, 0.25) is 0 Å². The summed E-state index contributed by atoms with van der Waals surface area (Å²) >= 11 is 3.34. The lowest BCUT2D eigenvalue weighted by Gasteiger charge is -2.13. The largest absolute Gasteiger partial charge is 0.307 e. The molecule has 2 aromatic rings. The average Bonchev–Trinajstić information content (AvgIpc) is 3.01. The third-order valence-corrected chi connectivity index (χ3v) is 5.98. The van der Waals surface area contributed by atoms with Crippen LogP contribution in [0, 0.1) is 6.92 Å². The molecule has 3 rings (SSSR count). The molecular weight excluding hydrogens is 382 g/mol. The Bertz CT molecular complexity index is 861. The summed E-state index contributed by atoms with van der Waals surface area (Å²) in [6.07, 6.45) is 0.517. The number of hydrogen-bond donors (Lipinski definition) is 1. The summed E-state index contributed by atoms with van der Waals surface area (Å²) in [5, 5.41) is 7.18. The van der Waals surface area contributed by atoms with Crippen molar-refractivity contribution in [1.82, 2.24) is 9.78 Å². The molecule has 1 aliphatic heterocycles. The summed E-state index contributed by atoms with van der Waals surface area (Å²) in [4.78, 5) is 12.4.